The number of hydrogen-bond donors (Lipinski definition) is 1. The Morgan fingerprint density at radius 1 is 1.13 bits per heavy atom. The van der Waals surface area contributed by atoms with Crippen LogP contribution in [0.5, 0.6) is 0 Å². The molecule has 0 fully saturated rings. The average Bonchev–Trinajstić information content (AvgIpc) is 2.53. The van der Waals surface area contributed by atoms with E-state index in [0.717, 1.165) is 15.6 Å². The van der Waals surface area contributed by atoms with Gasteiger partial charge in [0.25, 0.3) is 5.91 Å². The molecule has 1 unspecified atom stereocenters. The van der Waals surface area contributed by atoms with Crippen LogP contribution in [0.1, 0.15) is 34.5 Å². The molecule has 0 spiro atoms. The summed E-state index contributed by atoms with van der Waals surface area (Å²) in [5.74, 6) is -0.822. The van der Waals surface area contributed by atoms with Gasteiger partial charge in [-0.3, -0.25) is 4.79 Å². The third-order valence-corrected chi connectivity index (χ3v) is 3.98. The smallest absolute Gasteiger partial charge is 0.338 e. The van der Waals surface area contributed by atoms with E-state index in [-0.39, 0.29) is 18.6 Å². The average molecular weight is 376 g/mol. The second kappa shape index (κ2) is 7.92. The van der Waals surface area contributed by atoms with Crippen LogP contribution in [0.4, 0.5) is 0 Å². The maximum Gasteiger partial charge on any atom is 0.338 e. The number of aryl methyl sites for hydroxylation is 1. The molecule has 0 aromatic heterocycles. The molecule has 0 aliphatic rings. The van der Waals surface area contributed by atoms with E-state index in [1.165, 1.54) is 0 Å². The maximum atomic E-state index is 12.0. The number of esters is 1. The first-order valence-corrected chi connectivity index (χ1v) is 8.04. The van der Waals surface area contributed by atoms with Crippen LogP contribution >= 0.6 is 15.9 Å². The molecule has 4 nitrogen and oxygen atoms in total. The van der Waals surface area contributed by atoms with Gasteiger partial charge in [0.2, 0.25) is 0 Å². The second-order valence-corrected chi connectivity index (χ2v) is 6.15. The lowest BCUT2D eigenvalue weighted by Gasteiger charge is -2.14. The number of hydrogen-bond acceptors (Lipinski definition) is 3. The molecule has 120 valence electrons. The third kappa shape index (κ3) is 4.93. The van der Waals surface area contributed by atoms with Gasteiger partial charge in [-0.1, -0.05) is 46.3 Å². The Bertz CT molecular complexity index is 698. The molecule has 5 heteroatoms. The number of nitrogens with one attached hydrogen (secondary N) is 1. The molecule has 2 rings (SSSR count). The normalized spacial score (nSPS) is 11.6. The number of carbonyl (C=O) groups excluding carboxylic acids is 2. The van der Waals surface area contributed by atoms with Gasteiger partial charge in [-0.2, -0.15) is 0 Å². The third-order valence-electron chi connectivity index (χ3n) is 3.45. The monoisotopic (exact) mass is 375 g/mol. The molecule has 1 N–H and O–H groups in total. The molecular weight excluding hydrogens is 358 g/mol. The van der Waals surface area contributed by atoms with Crippen LogP contribution in [-0.2, 0) is 9.53 Å². The fraction of sp³-hybridized carbons (Fsp3) is 0.222. The molecule has 23 heavy (non-hydrogen) atoms. The molecule has 0 aliphatic heterocycles. The van der Waals surface area contributed by atoms with Gasteiger partial charge >= 0.3 is 5.97 Å². The van der Waals surface area contributed by atoms with E-state index < -0.39 is 5.97 Å². The second-order valence-electron chi connectivity index (χ2n) is 5.23. The van der Waals surface area contributed by atoms with Crippen molar-refractivity contribution >= 4 is 27.8 Å². The molecule has 2 aromatic carbocycles. The molecule has 2 aromatic rings. The molecule has 0 aliphatic carbocycles. The van der Waals surface area contributed by atoms with Gasteiger partial charge in [-0.25, -0.2) is 4.79 Å². The van der Waals surface area contributed by atoms with Crippen LogP contribution < -0.4 is 5.32 Å². The van der Waals surface area contributed by atoms with Gasteiger partial charge in [0, 0.05) is 4.47 Å². The quantitative estimate of drug-likeness (QED) is 0.808. The van der Waals surface area contributed by atoms with E-state index in [9.17, 15) is 9.59 Å². The lowest BCUT2D eigenvalue weighted by Crippen LogP contribution is -2.31. The summed E-state index contributed by atoms with van der Waals surface area (Å²) in [6.07, 6.45) is 0. The maximum absolute atomic E-state index is 12.0. The molecule has 0 radical (unpaired) electrons. The van der Waals surface area contributed by atoms with Crippen molar-refractivity contribution in [3.63, 3.8) is 0 Å². The predicted octanol–water partition coefficient (Wildman–Crippen LogP) is 3.79. The van der Waals surface area contributed by atoms with Gasteiger partial charge in [0.05, 0.1) is 11.6 Å². The van der Waals surface area contributed by atoms with Gasteiger partial charge < -0.3 is 10.1 Å². The van der Waals surface area contributed by atoms with Crippen molar-refractivity contribution < 1.29 is 14.3 Å². The van der Waals surface area contributed by atoms with Gasteiger partial charge in [-0.15, -0.1) is 0 Å². The zero-order valence-electron chi connectivity index (χ0n) is 13.0. The van der Waals surface area contributed by atoms with Crippen molar-refractivity contribution in [3.8, 4) is 0 Å². The largest absolute Gasteiger partial charge is 0.452 e. The highest BCUT2D eigenvalue weighted by Gasteiger charge is 2.14. The van der Waals surface area contributed by atoms with Crippen LogP contribution in [-0.4, -0.2) is 18.5 Å². The highest BCUT2D eigenvalue weighted by Crippen LogP contribution is 2.16. The van der Waals surface area contributed by atoms with E-state index in [2.05, 4.69) is 21.2 Å². The highest BCUT2D eigenvalue weighted by molar-refractivity contribution is 9.10. The van der Waals surface area contributed by atoms with E-state index >= 15 is 0 Å². The number of amides is 1. The summed E-state index contributed by atoms with van der Waals surface area (Å²) in [5, 5.41) is 2.81. The van der Waals surface area contributed by atoms with Gasteiger partial charge in [0.15, 0.2) is 6.61 Å². The minimum Gasteiger partial charge on any atom is -0.452 e. The number of rotatable bonds is 5. The zero-order chi connectivity index (χ0) is 16.8. The minimum absolute atomic E-state index is 0.159. The summed E-state index contributed by atoms with van der Waals surface area (Å²) in [6, 6.07) is 14.6. The fourth-order valence-corrected chi connectivity index (χ4v) is 2.39. The summed E-state index contributed by atoms with van der Waals surface area (Å²) in [7, 11) is 0. The first-order valence-electron chi connectivity index (χ1n) is 7.25. The van der Waals surface area contributed by atoms with Crippen molar-refractivity contribution in [2.24, 2.45) is 0 Å². The van der Waals surface area contributed by atoms with Crippen LogP contribution in [0.25, 0.3) is 0 Å². The number of carbonyl (C=O) groups is 2. The van der Waals surface area contributed by atoms with Crippen molar-refractivity contribution in [2.75, 3.05) is 6.61 Å². The Morgan fingerprint density at radius 2 is 1.78 bits per heavy atom. The Hall–Kier alpha value is -2.14. The predicted molar refractivity (Wildman–Crippen MR) is 92.2 cm³/mol. The first-order chi connectivity index (χ1) is 11.0. The van der Waals surface area contributed by atoms with Crippen molar-refractivity contribution in [3.05, 3.63) is 69.7 Å². The van der Waals surface area contributed by atoms with Crippen molar-refractivity contribution in [2.45, 2.75) is 19.9 Å². The number of ether oxygens (including phenoxy) is 1. The molecular formula is C18H18BrNO3. The lowest BCUT2D eigenvalue weighted by molar-refractivity contribution is -0.124. The standard InChI is InChI=1S/C18H18BrNO3/c1-12-5-3-4-6-16(12)18(22)23-11-17(21)20-13(2)14-7-9-15(19)10-8-14/h3-10,13H,11H2,1-2H3,(H,20,21). The Balaban J connectivity index is 1.86. The molecule has 0 heterocycles. The summed E-state index contributed by atoms with van der Waals surface area (Å²) in [4.78, 5) is 23.9. The fourth-order valence-electron chi connectivity index (χ4n) is 2.13. The van der Waals surface area contributed by atoms with Crippen LogP contribution in [0.3, 0.4) is 0 Å². The summed E-state index contributed by atoms with van der Waals surface area (Å²) in [6.45, 7) is 3.41. The lowest BCUT2D eigenvalue weighted by atomic mass is 10.1. The Labute approximate surface area is 144 Å². The van der Waals surface area contributed by atoms with Crippen LogP contribution in [0.2, 0.25) is 0 Å². The van der Waals surface area contributed by atoms with E-state index in [1.807, 2.05) is 50.2 Å². The number of benzene rings is 2. The summed E-state index contributed by atoms with van der Waals surface area (Å²) in [5.41, 5.74) is 2.27. The van der Waals surface area contributed by atoms with E-state index in [0.29, 0.717) is 5.56 Å². The molecule has 0 saturated heterocycles. The molecule has 1 amide bonds. The minimum atomic E-state index is -0.491. The summed E-state index contributed by atoms with van der Waals surface area (Å²) >= 11 is 3.37. The van der Waals surface area contributed by atoms with Gasteiger partial charge in [-0.05, 0) is 43.2 Å². The van der Waals surface area contributed by atoms with E-state index in [1.54, 1.807) is 12.1 Å². The summed E-state index contributed by atoms with van der Waals surface area (Å²) < 4.78 is 6.05. The van der Waals surface area contributed by atoms with Crippen LogP contribution in [0.15, 0.2) is 53.0 Å². The van der Waals surface area contributed by atoms with Crippen molar-refractivity contribution in [1.82, 2.24) is 5.32 Å². The number of halogens is 1. The topological polar surface area (TPSA) is 55.4 Å². The van der Waals surface area contributed by atoms with E-state index in [4.69, 9.17) is 4.74 Å². The highest BCUT2D eigenvalue weighted by atomic mass is 79.9. The molecule has 0 bridgehead atoms. The Kier molecular flexibility index (Phi) is 5.93. The van der Waals surface area contributed by atoms with Crippen LogP contribution in [0, 0.1) is 6.92 Å². The van der Waals surface area contributed by atoms with Gasteiger partial charge in [0.1, 0.15) is 0 Å². The Morgan fingerprint density at radius 3 is 2.43 bits per heavy atom. The van der Waals surface area contributed by atoms with Crippen molar-refractivity contribution in [1.29, 1.82) is 0 Å². The SMILES string of the molecule is Cc1ccccc1C(=O)OCC(=O)NC(C)c1ccc(Br)cc1. The molecule has 0 saturated carbocycles. The first kappa shape index (κ1) is 17.2. The molecule has 1 atom stereocenters. The zero-order valence-corrected chi connectivity index (χ0v) is 14.6.